The Morgan fingerprint density at radius 2 is 2.22 bits per heavy atom. The van der Waals surface area contributed by atoms with Crippen molar-refractivity contribution in [2.24, 2.45) is 5.92 Å². The first-order valence-corrected chi connectivity index (χ1v) is 6.18. The van der Waals surface area contributed by atoms with E-state index < -0.39 is 0 Å². The van der Waals surface area contributed by atoms with Gasteiger partial charge in [-0.2, -0.15) is 4.98 Å². The second-order valence-electron chi connectivity index (χ2n) is 4.97. The monoisotopic (exact) mass is 252 g/mol. The summed E-state index contributed by atoms with van der Waals surface area (Å²) in [6, 6.07) is 0. The highest BCUT2D eigenvalue weighted by Gasteiger charge is 2.22. The molecule has 0 saturated carbocycles. The van der Waals surface area contributed by atoms with Crippen LogP contribution < -0.4 is 5.73 Å². The van der Waals surface area contributed by atoms with E-state index in [4.69, 9.17) is 5.73 Å². The minimum absolute atomic E-state index is 0.103. The molecule has 7 nitrogen and oxygen atoms in total. The maximum Gasteiger partial charge on any atom is 0.290 e. The zero-order valence-electron chi connectivity index (χ0n) is 10.9. The number of nitrogen functional groups attached to an aromatic ring is 1. The van der Waals surface area contributed by atoms with Crippen molar-refractivity contribution in [3.63, 3.8) is 0 Å². The number of nitrogens with one attached hydrogen (secondary N) is 1. The number of piperidine rings is 1. The van der Waals surface area contributed by atoms with E-state index in [1.54, 1.807) is 11.9 Å². The van der Waals surface area contributed by atoms with Gasteiger partial charge in [0.1, 0.15) is 0 Å². The molecule has 0 unspecified atom stereocenters. The standard InChI is InChI=1S/C11H20N6O/c1-16-5-3-8(4-6-16)7-17(2)10(18)9-13-11(12)15-14-9/h8H,3-7H2,1-2H3,(H3,12,13,14,15). The van der Waals surface area contributed by atoms with Crippen molar-refractivity contribution < 1.29 is 4.79 Å². The topological polar surface area (TPSA) is 91.1 Å². The molecule has 0 spiro atoms. The minimum atomic E-state index is -0.155. The van der Waals surface area contributed by atoms with Gasteiger partial charge in [0.2, 0.25) is 11.8 Å². The molecular formula is C11H20N6O. The highest BCUT2D eigenvalue weighted by atomic mass is 16.2. The van der Waals surface area contributed by atoms with Crippen molar-refractivity contribution in [3.8, 4) is 0 Å². The molecule has 1 aromatic rings. The largest absolute Gasteiger partial charge is 0.366 e. The molecule has 1 aliphatic rings. The summed E-state index contributed by atoms with van der Waals surface area (Å²) >= 11 is 0. The number of amides is 1. The molecule has 7 heteroatoms. The third-order valence-electron chi connectivity index (χ3n) is 3.42. The van der Waals surface area contributed by atoms with Crippen LogP contribution in [0.3, 0.4) is 0 Å². The van der Waals surface area contributed by atoms with Crippen LogP contribution in [0.15, 0.2) is 0 Å². The van der Waals surface area contributed by atoms with Gasteiger partial charge in [0.25, 0.3) is 5.91 Å². The summed E-state index contributed by atoms with van der Waals surface area (Å²) in [4.78, 5) is 19.9. The van der Waals surface area contributed by atoms with Gasteiger partial charge in [-0.05, 0) is 38.9 Å². The van der Waals surface area contributed by atoms with Crippen molar-refractivity contribution in [1.82, 2.24) is 25.0 Å². The molecule has 2 heterocycles. The highest BCUT2D eigenvalue weighted by Crippen LogP contribution is 2.17. The SMILES string of the molecule is CN1CCC(CN(C)C(=O)c2nc(N)n[nH]2)CC1. The second kappa shape index (κ2) is 5.34. The fourth-order valence-corrected chi connectivity index (χ4v) is 2.27. The second-order valence-corrected chi connectivity index (χ2v) is 4.97. The molecule has 3 N–H and O–H groups in total. The summed E-state index contributed by atoms with van der Waals surface area (Å²) < 4.78 is 0. The van der Waals surface area contributed by atoms with Crippen LogP contribution in [0.4, 0.5) is 5.95 Å². The molecule has 1 amide bonds. The number of anilines is 1. The van der Waals surface area contributed by atoms with E-state index >= 15 is 0 Å². The zero-order chi connectivity index (χ0) is 13.1. The third kappa shape index (κ3) is 2.98. The molecule has 1 aromatic heterocycles. The van der Waals surface area contributed by atoms with Crippen LogP contribution in [0.1, 0.15) is 23.5 Å². The predicted molar refractivity (Wildman–Crippen MR) is 68.0 cm³/mol. The lowest BCUT2D eigenvalue weighted by Gasteiger charge is -2.31. The summed E-state index contributed by atoms with van der Waals surface area (Å²) in [5.74, 6) is 0.725. The van der Waals surface area contributed by atoms with Gasteiger partial charge in [-0.25, -0.2) is 0 Å². The van der Waals surface area contributed by atoms with Crippen molar-refractivity contribution in [3.05, 3.63) is 5.82 Å². The number of likely N-dealkylation sites (tertiary alicyclic amines) is 1. The lowest BCUT2D eigenvalue weighted by atomic mass is 9.97. The van der Waals surface area contributed by atoms with Gasteiger partial charge in [0.05, 0.1) is 0 Å². The quantitative estimate of drug-likeness (QED) is 0.777. The van der Waals surface area contributed by atoms with E-state index in [0.29, 0.717) is 5.92 Å². The normalized spacial score (nSPS) is 17.9. The third-order valence-corrected chi connectivity index (χ3v) is 3.42. The van der Waals surface area contributed by atoms with Crippen molar-refractivity contribution in [2.75, 3.05) is 39.5 Å². The number of nitrogens with zero attached hydrogens (tertiary/aromatic N) is 4. The molecular weight excluding hydrogens is 232 g/mol. The maximum atomic E-state index is 12.0. The lowest BCUT2D eigenvalue weighted by molar-refractivity contribution is 0.0736. The average molecular weight is 252 g/mol. The van der Waals surface area contributed by atoms with Gasteiger partial charge in [0.15, 0.2) is 0 Å². The number of aromatic nitrogens is 3. The maximum absolute atomic E-state index is 12.0. The molecule has 0 bridgehead atoms. The molecule has 2 rings (SSSR count). The number of aromatic amines is 1. The van der Waals surface area contributed by atoms with E-state index in [1.165, 1.54) is 0 Å². The number of hydrogen-bond acceptors (Lipinski definition) is 5. The van der Waals surface area contributed by atoms with E-state index in [2.05, 4.69) is 27.1 Å². The van der Waals surface area contributed by atoms with Crippen molar-refractivity contribution in [2.45, 2.75) is 12.8 Å². The number of carbonyl (C=O) groups is 1. The Morgan fingerprint density at radius 3 is 2.78 bits per heavy atom. The first kappa shape index (κ1) is 12.8. The summed E-state index contributed by atoms with van der Waals surface area (Å²) in [5, 5.41) is 6.21. The Balaban J connectivity index is 1.88. The van der Waals surface area contributed by atoms with Gasteiger partial charge in [-0.1, -0.05) is 0 Å². The Morgan fingerprint density at radius 1 is 1.56 bits per heavy atom. The molecule has 100 valence electrons. The molecule has 1 saturated heterocycles. The van der Waals surface area contributed by atoms with Crippen LogP contribution in [-0.4, -0.2) is 64.6 Å². The van der Waals surface area contributed by atoms with Crippen LogP contribution in [0.25, 0.3) is 0 Å². The van der Waals surface area contributed by atoms with Crippen LogP contribution in [0, 0.1) is 5.92 Å². The lowest BCUT2D eigenvalue weighted by Crippen LogP contribution is -2.38. The molecule has 18 heavy (non-hydrogen) atoms. The highest BCUT2D eigenvalue weighted by molar-refractivity contribution is 5.90. The van der Waals surface area contributed by atoms with Gasteiger partial charge in [-0.15, -0.1) is 5.10 Å². The molecule has 0 aliphatic carbocycles. The van der Waals surface area contributed by atoms with Gasteiger partial charge in [0, 0.05) is 13.6 Å². The number of hydrogen-bond donors (Lipinski definition) is 2. The van der Waals surface area contributed by atoms with Crippen LogP contribution in [-0.2, 0) is 0 Å². The molecule has 0 atom stereocenters. The Bertz CT molecular complexity index is 409. The van der Waals surface area contributed by atoms with Gasteiger partial charge < -0.3 is 15.5 Å². The first-order chi connectivity index (χ1) is 8.56. The number of H-pyrrole nitrogens is 1. The van der Waals surface area contributed by atoms with Gasteiger partial charge in [-0.3, -0.25) is 9.89 Å². The summed E-state index contributed by atoms with van der Waals surface area (Å²) in [5.41, 5.74) is 5.39. The van der Waals surface area contributed by atoms with E-state index in [1.807, 2.05) is 0 Å². The van der Waals surface area contributed by atoms with Crippen molar-refractivity contribution >= 4 is 11.9 Å². The molecule has 0 radical (unpaired) electrons. The van der Waals surface area contributed by atoms with Crippen molar-refractivity contribution in [1.29, 1.82) is 0 Å². The number of nitrogens with two attached hydrogens (primary N) is 1. The molecule has 1 aliphatic heterocycles. The fourth-order valence-electron chi connectivity index (χ4n) is 2.27. The van der Waals surface area contributed by atoms with Crippen LogP contribution in [0.5, 0.6) is 0 Å². The smallest absolute Gasteiger partial charge is 0.290 e. The van der Waals surface area contributed by atoms with Crippen LogP contribution >= 0.6 is 0 Å². The summed E-state index contributed by atoms with van der Waals surface area (Å²) in [6.45, 7) is 2.96. The van der Waals surface area contributed by atoms with E-state index in [0.717, 1.165) is 32.5 Å². The van der Waals surface area contributed by atoms with E-state index in [9.17, 15) is 4.79 Å². The Hall–Kier alpha value is -1.63. The average Bonchev–Trinajstić information content (AvgIpc) is 2.78. The number of carbonyl (C=O) groups excluding carboxylic acids is 1. The predicted octanol–water partition coefficient (Wildman–Crippen LogP) is -0.199. The molecule has 1 fully saturated rings. The number of rotatable bonds is 3. The van der Waals surface area contributed by atoms with Gasteiger partial charge >= 0.3 is 0 Å². The summed E-state index contributed by atoms with van der Waals surface area (Å²) in [6.07, 6.45) is 2.26. The Kier molecular flexibility index (Phi) is 3.81. The van der Waals surface area contributed by atoms with E-state index in [-0.39, 0.29) is 17.7 Å². The fraction of sp³-hybridized carbons (Fsp3) is 0.727. The minimum Gasteiger partial charge on any atom is -0.366 e. The molecule has 0 aromatic carbocycles. The van der Waals surface area contributed by atoms with Crippen LogP contribution in [0.2, 0.25) is 0 Å². The zero-order valence-corrected chi connectivity index (χ0v) is 10.9. The summed E-state index contributed by atoms with van der Waals surface area (Å²) in [7, 11) is 3.92. The first-order valence-electron chi connectivity index (χ1n) is 6.18. The Labute approximate surface area is 106 Å².